The minimum Gasteiger partial charge on any atom is -0.392 e. The number of H-pyrrole nitrogens is 1. The number of amides is 1. The molecule has 0 bridgehead atoms. The Kier molecular flexibility index (Phi) is 4.52. The van der Waals surface area contributed by atoms with Crippen LogP contribution in [0.5, 0.6) is 0 Å². The van der Waals surface area contributed by atoms with Crippen LogP contribution >= 0.6 is 11.3 Å². The SMILES string of the molecule is O=C(CN1CCC[C@H](O)C1)Nc1nc(-c2c[nH]c3ccccc23)cs1. The lowest BCUT2D eigenvalue weighted by Gasteiger charge is -2.29. The number of carbonyl (C=O) groups is 1. The molecule has 3 N–H and O–H groups in total. The van der Waals surface area contributed by atoms with Gasteiger partial charge in [-0.05, 0) is 25.5 Å². The summed E-state index contributed by atoms with van der Waals surface area (Å²) < 4.78 is 0. The smallest absolute Gasteiger partial charge is 0.240 e. The number of rotatable bonds is 4. The van der Waals surface area contributed by atoms with Crippen molar-refractivity contribution in [1.82, 2.24) is 14.9 Å². The molecular formula is C18H20N4O2S. The Labute approximate surface area is 149 Å². The summed E-state index contributed by atoms with van der Waals surface area (Å²) in [7, 11) is 0. The predicted molar refractivity (Wildman–Crippen MR) is 99.7 cm³/mol. The van der Waals surface area contributed by atoms with Gasteiger partial charge in [0.25, 0.3) is 0 Å². The first-order valence-electron chi connectivity index (χ1n) is 8.41. The molecule has 3 aromatic rings. The summed E-state index contributed by atoms with van der Waals surface area (Å²) in [6, 6.07) is 8.08. The van der Waals surface area contributed by atoms with Crippen LogP contribution in [-0.4, -0.2) is 51.6 Å². The number of aromatic nitrogens is 2. The van der Waals surface area contributed by atoms with Gasteiger partial charge >= 0.3 is 0 Å². The van der Waals surface area contributed by atoms with Gasteiger partial charge in [0.2, 0.25) is 5.91 Å². The normalized spacial score (nSPS) is 18.5. The molecular weight excluding hydrogens is 336 g/mol. The van der Waals surface area contributed by atoms with Crippen molar-refractivity contribution in [3.8, 4) is 11.3 Å². The van der Waals surface area contributed by atoms with E-state index in [0.717, 1.165) is 41.5 Å². The van der Waals surface area contributed by atoms with Crippen LogP contribution in [0.15, 0.2) is 35.8 Å². The fraction of sp³-hybridized carbons (Fsp3) is 0.333. The van der Waals surface area contributed by atoms with Crippen molar-refractivity contribution in [2.24, 2.45) is 0 Å². The Hall–Kier alpha value is -2.22. The number of benzene rings is 1. The van der Waals surface area contributed by atoms with Crippen LogP contribution in [0.25, 0.3) is 22.2 Å². The quantitative estimate of drug-likeness (QED) is 0.671. The van der Waals surface area contributed by atoms with Gasteiger partial charge in [-0.25, -0.2) is 4.98 Å². The molecule has 6 nitrogen and oxygen atoms in total. The third-order valence-electron chi connectivity index (χ3n) is 4.46. The van der Waals surface area contributed by atoms with Crippen LogP contribution in [0.4, 0.5) is 5.13 Å². The van der Waals surface area contributed by atoms with Gasteiger partial charge in [0, 0.05) is 34.6 Å². The van der Waals surface area contributed by atoms with Crippen LogP contribution in [0.1, 0.15) is 12.8 Å². The van der Waals surface area contributed by atoms with Gasteiger partial charge in [-0.15, -0.1) is 11.3 Å². The van der Waals surface area contributed by atoms with E-state index in [1.165, 1.54) is 11.3 Å². The van der Waals surface area contributed by atoms with E-state index >= 15 is 0 Å². The lowest BCUT2D eigenvalue weighted by molar-refractivity contribution is -0.118. The van der Waals surface area contributed by atoms with E-state index in [4.69, 9.17) is 0 Å². The first kappa shape index (κ1) is 16.3. The van der Waals surface area contributed by atoms with Gasteiger partial charge in [-0.2, -0.15) is 0 Å². The van der Waals surface area contributed by atoms with Crippen LogP contribution in [0.2, 0.25) is 0 Å². The second-order valence-corrected chi connectivity index (χ2v) is 7.22. The van der Waals surface area contributed by atoms with E-state index < -0.39 is 0 Å². The largest absolute Gasteiger partial charge is 0.392 e. The monoisotopic (exact) mass is 356 g/mol. The third-order valence-corrected chi connectivity index (χ3v) is 5.22. The van der Waals surface area contributed by atoms with Crippen molar-refractivity contribution < 1.29 is 9.90 Å². The molecule has 1 saturated heterocycles. The number of aromatic amines is 1. The maximum absolute atomic E-state index is 12.2. The standard InChI is InChI=1S/C18H20N4O2S/c23-12-4-3-7-22(9-12)10-17(24)21-18-20-16(11-25-18)14-8-19-15-6-2-1-5-13(14)15/h1-2,5-6,8,11-12,19,23H,3-4,7,9-10H2,(H,20,21,24)/t12-/m0/s1. The molecule has 0 unspecified atom stereocenters. The van der Waals surface area contributed by atoms with E-state index in [1.54, 1.807) is 0 Å². The van der Waals surface area contributed by atoms with Crippen LogP contribution in [0.3, 0.4) is 0 Å². The summed E-state index contributed by atoms with van der Waals surface area (Å²) in [6.07, 6.45) is 3.37. The van der Waals surface area contributed by atoms with E-state index in [-0.39, 0.29) is 12.0 Å². The number of likely N-dealkylation sites (tertiary alicyclic amines) is 1. The number of nitrogens with one attached hydrogen (secondary N) is 2. The maximum Gasteiger partial charge on any atom is 0.240 e. The van der Waals surface area contributed by atoms with Crippen molar-refractivity contribution in [1.29, 1.82) is 0 Å². The molecule has 25 heavy (non-hydrogen) atoms. The number of piperidine rings is 1. The number of β-amino-alcohol motifs (C(OH)–C–C–N with tert-alkyl or cyclic N) is 1. The highest BCUT2D eigenvalue weighted by Crippen LogP contribution is 2.30. The topological polar surface area (TPSA) is 81.2 Å². The van der Waals surface area contributed by atoms with Gasteiger partial charge < -0.3 is 15.4 Å². The molecule has 0 aliphatic carbocycles. The molecule has 4 rings (SSSR count). The molecule has 1 aliphatic heterocycles. The number of carbonyl (C=O) groups excluding carboxylic acids is 1. The number of aliphatic hydroxyl groups is 1. The van der Waals surface area contributed by atoms with Crippen LogP contribution in [0, 0.1) is 0 Å². The number of para-hydroxylation sites is 1. The highest BCUT2D eigenvalue weighted by atomic mass is 32.1. The zero-order valence-corrected chi connectivity index (χ0v) is 14.6. The second-order valence-electron chi connectivity index (χ2n) is 6.37. The fourth-order valence-electron chi connectivity index (χ4n) is 3.27. The van der Waals surface area contributed by atoms with E-state index in [9.17, 15) is 9.90 Å². The van der Waals surface area contributed by atoms with Crippen molar-refractivity contribution >= 4 is 33.3 Å². The summed E-state index contributed by atoms with van der Waals surface area (Å²) in [5.74, 6) is -0.0890. The number of anilines is 1. The Morgan fingerprint density at radius 1 is 1.44 bits per heavy atom. The number of aliphatic hydroxyl groups excluding tert-OH is 1. The molecule has 2 aromatic heterocycles. The van der Waals surface area contributed by atoms with Crippen molar-refractivity contribution in [3.63, 3.8) is 0 Å². The summed E-state index contributed by atoms with van der Waals surface area (Å²) in [5, 5.41) is 16.2. The molecule has 130 valence electrons. The molecule has 0 spiro atoms. The van der Waals surface area contributed by atoms with Crippen molar-refractivity contribution in [2.75, 3.05) is 25.0 Å². The Balaban J connectivity index is 1.43. The Bertz CT molecular complexity index is 888. The summed E-state index contributed by atoms with van der Waals surface area (Å²) in [5.41, 5.74) is 2.96. The number of hydrogen-bond donors (Lipinski definition) is 3. The van der Waals surface area contributed by atoms with Crippen molar-refractivity contribution in [2.45, 2.75) is 18.9 Å². The first-order chi connectivity index (χ1) is 12.2. The molecule has 0 radical (unpaired) electrons. The van der Waals surface area contributed by atoms with Gasteiger partial charge in [0.1, 0.15) is 0 Å². The van der Waals surface area contributed by atoms with E-state index in [0.29, 0.717) is 18.2 Å². The lowest BCUT2D eigenvalue weighted by atomic mass is 10.1. The zero-order chi connectivity index (χ0) is 17.2. The van der Waals surface area contributed by atoms with Crippen LogP contribution < -0.4 is 5.32 Å². The van der Waals surface area contributed by atoms with E-state index in [1.807, 2.05) is 34.7 Å². The molecule has 0 saturated carbocycles. The molecule has 1 atom stereocenters. The number of thiazole rings is 1. The van der Waals surface area contributed by atoms with Gasteiger partial charge in [0.05, 0.1) is 18.3 Å². The van der Waals surface area contributed by atoms with Crippen LogP contribution in [-0.2, 0) is 4.79 Å². The van der Waals surface area contributed by atoms with Gasteiger partial charge in [-0.1, -0.05) is 18.2 Å². The number of nitrogens with zero attached hydrogens (tertiary/aromatic N) is 2. The molecule has 1 amide bonds. The second kappa shape index (κ2) is 6.95. The fourth-order valence-corrected chi connectivity index (χ4v) is 4.00. The molecule has 7 heteroatoms. The average molecular weight is 356 g/mol. The molecule has 3 heterocycles. The van der Waals surface area contributed by atoms with E-state index in [2.05, 4.69) is 21.4 Å². The van der Waals surface area contributed by atoms with Crippen molar-refractivity contribution in [3.05, 3.63) is 35.8 Å². The average Bonchev–Trinajstić information content (AvgIpc) is 3.21. The molecule has 1 aromatic carbocycles. The number of fused-ring (bicyclic) bond motifs is 1. The molecule has 1 aliphatic rings. The molecule has 1 fully saturated rings. The van der Waals surface area contributed by atoms with Gasteiger partial charge in [-0.3, -0.25) is 9.69 Å². The summed E-state index contributed by atoms with van der Waals surface area (Å²) in [6.45, 7) is 1.70. The highest BCUT2D eigenvalue weighted by molar-refractivity contribution is 7.14. The highest BCUT2D eigenvalue weighted by Gasteiger charge is 2.20. The third kappa shape index (κ3) is 3.58. The predicted octanol–water partition coefficient (Wildman–Crippen LogP) is 2.69. The minimum atomic E-state index is -0.324. The lowest BCUT2D eigenvalue weighted by Crippen LogP contribution is -2.42. The summed E-state index contributed by atoms with van der Waals surface area (Å²) in [4.78, 5) is 22.0. The minimum absolute atomic E-state index is 0.0890. The number of hydrogen-bond acceptors (Lipinski definition) is 5. The first-order valence-corrected chi connectivity index (χ1v) is 9.29. The zero-order valence-electron chi connectivity index (χ0n) is 13.7. The van der Waals surface area contributed by atoms with Gasteiger partial charge in [0.15, 0.2) is 5.13 Å². The summed E-state index contributed by atoms with van der Waals surface area (Å²) >= 11 is 1.42. The maximum atomic E-state index is 12.2. The Morgan fingerprint density at radius 3 is 3.20 bits per heavy atom. The Morgan fingerprint density at radius 2 is 2.32 bits per heavy atom.